The van der Waals surface area contributed by atoms with E-state index in [1.165, 1.54) is 4.31 Å². The number of nitrogens with zero attached hydrogens (tertiary/aromatic N) is 2. The average Bonchev–Trinajstić information content (AvgIpc) is 3.17. The number of amides is 1. The zero-order chi connectivity index (χ0) is 18.8. The zero-order valence-corrected chi connectivity index (χ0v) is 16.2. The van der Waals surface area contributed by atoms with Crippen molar-refractivity contribution in [2.24, 2.45) is 11.7 Å². The topological polar surface area (TPSA) is 83.7 Å². The minimum atomic E-state index is -3.22. The summed E-state index contributed by atoms with van der Waals surface area (Å²) in [6, 6.07) is 9.84. The maximum atomic E-state index is 13.5. The van der Waals surface area contributed by atoms with Gasteiger partial charge >= 0.3 is 0 Å². The van der Waals surface area contributed by atoms with Gasteiger partial charge in [0.1, 0.15) is 0 Å². The number of hydrogen-bond donors (Lipinski definition) is 1. The summed E-state index contributed by atoms with van der Waals surface area (Å²) in [4.78, 5) is 15.5. The molecule has 1 unspecified atom stereocenters. The summed E-state index contributed by atoms with van der Waals surface area (Å²) in [5.74, 6) is 0.601. The van der Waals surface area contributed by atoms with Crippen molar-refractivity contribution in [2.45, 2.75) is 31.6 Å². The number of likely N-dealkylation sites (tertiary alicyclic amines) is 1. The highest BCUT2D eigenvalue weighted by Crippen LogP contribution is 2.39. The van der Waals surface area contributed by atoms with Crippen molar-refractivity contribution in [3.63, 3.8) is 0 Å². The van der Waals surface area contributed by atoms with Crippen LogP contribution in [0.3, 0.4) is 0 Å². The van der Waals surface area contributed by atoms with Crippen LogP contribution < -0.4 is 5.73 Å². The SMILES string of the molecule is CCS(=O)(=O)N1CCC(C(=O)N2CCC(CN)C2)(c2ccccc2)CC1. The Kier molecular flexibility index (Phi) is 5.69. The second kappa shape index (κ2) is 7.66. The fourth-order valence-electron chi connectivity index (χ4n) is 4.22. The van der Waals surface area contributed by atoms with Gasteiger partial charge in [-0.25, -0.2) is 12.7 Å². The molecule has 0 spiro atoms. The number of carbonyl (C=O) groups excluding carboxylic acids is 1. The van der Waals surface area contributed by atoms with Crippen molar-refractivity contribution in [2.75, 3.05) is 38.5 Å². The molecule has 2 fully saturated rings. The number of piperidine rings is 1. The van der Waals surface area contributed by atoms with Crippen LogP contribution in [0.4, 0.5) is 0 Å². The van der Waals surface area contributed by atoms with Crippen LogP contribution in [-0.4, -0.2) is 62.0 Å². The third-order valence-electron chi connectivity index (χ3n) is 5.98. The van der Waals surface area contributed by atoms with Crippen LogP contribution in [0.25, 0.3) is 0 Å². The molecule has 0 aliphatic carbocycles. The van der Waals surface area contributed by atoms with Gasteiger partial charge in [-0.15, -0.1) is 0 Å². The van der Waals surface area contributed by atoms with Gasteiger partial charge in [-0.3, -0.25) is 4.79 Å². The predicted molar refractivity (Wildman–Crippen MR) is 102 cm³/mol. The number of hydrogen-bond acceptors (Lipinski definition) is 4. The first-order chi connectivity index (χ1) is 12.4. The van der Waals surface area contributed by atoms with E-state index in [1.54, 1.807) is 6.92 Å². The Hall–Kier alpha value is -1.44. The molecule has 1 aromatic carbocycles. The summed E-state index contributed by atoms with van der Waals surface area (Å²) in [6.07, 6.45) is 2.00. The lowest BCUT2D eigenvalue weighted by Crippen LogP contribution is -2.53. The van der Waals surface area contributed by atoms with E-state index in [4.69, 9.17) is 5.73 Å². The van der Waals surface area contributed by atoms with Crippen LogP contribution in [0.5, 0.6) is 0 Å². The largest absolute Gasteiger partial charge is 0.342 e. The Balaban J connectivity index is 1.87. The molecule has 26 heavy (non-hydrogen) atoms. The van der Waals surface area contributed by atoms with E-state index in [1.807, 2.05) is 35.2 Å². The first kappa shape index (κ1) is 19.3. The average molecular weight is 380 g/mol. The highest BCUT2D eigenvalue weighted by Gasteiger charge is 2.47. The molecular weight excluding hydrogens is 350 g/mol. The summed E-state index contributed by atoms with van der Waals surface area (Å²) in [6.45, 7) is 4.50. The minimum absolute atomic E-state index is 0.101. The Bertz CT molecular complexity index is 728. The predicted octanol–water partition coefficient (Wildman–Crippen LogP) is 1.18. The van der Waals surface area contributed by atoms with Gasteiger partial charge in [0.15, 0.2) is 0 Å². The molecule has 1 atom stereocenters. The van der Waals surface area contributed by atoms with Crippen molar-refractivity contribution in [3.8, 4) is 0 Å². The first-order valence-electron chi connectivity index (χ1n) is 9.46. The van der Waals surface area contributed by atoms with Crippen molar-refractivity contribution in [3.05, 3.63) is 35.9 Å². The summed E-state index contributed by atoms with van der Waals surface area (Å²) < 4.78 is 26.0. The van der Waals surface area contributed by atoms with Crippen LogP contribution in [0.15, 0.2) is 30.3 Å². The van der Waals surface area contributed by atoms with Crippen molar-refractivity contribution in [1.29, 1.82) is 0 Å². The standard InChI is InChI=1S/C19H29N3O3S/c1-2-26(24,25)22-12-9-19(10-13-22,17-6-4-3-5-7-17)18(23)21-11-8-16(14-20)15-21/h3-7,16H,2,8-15,20H2,1H3. The summed E-state index contributed by atoms with van der Waals surface area (Å²) in [5.41, 5.74) is 6.15. The highest BCUT2D eigenvalue weighted by molar-refractivity contribution is 7.89. The Morgan fingerprint density at radius 3 is 2.38 bits per heavy atom. The molecule has 1 amide bonds. The van der Waals surface area contributed by atoms with E-state index in [2.05, 4.69) is 0 Å². The molecule has 6 nitrogen and oxygen atoms in total. The molecule has 1 aromatic rings. The van der Waals surface area contributed by atoms with Gasteiger partial charge in [-0.1, -0.05) is 30.3 Å². The lowest BCUT2D eigenvalue weighted by Gasteiger charge is -2.42. The van der Waals surface area contributed by atoms with Crippen molar-refractivity contribution < 1.29 is 13.2 Å². The van der Waals surface area contributed by atoms with Gasteiger partial charge in [-0.05, 0) is 44.2 Å². The summed E-state index contributed by atoms with van der Waals surface area (Å²) in [5, 5.41) is 0. The Morgan fingerprint density at radius 1 is 1.19 bits per heavy atom. The third-order valence-corrected chi connectivity index (χ3v) is 7.86. The second-order valence-electron chi connectivity index (χ2n) is 7.39. The molecule has 0 radical (unpaired) electrons. The number of sulfonamides is 1. The molecule has 2 heterocycles. The maximum Gasteiger partial charge on any atom is 0.233 e. The second-order valence-corrected chi connectivity index (χ2v) is 9.65. The van der Waals surface area contributed by atoms with Crippen LogP contribution in [0, 0.1) is 5.92 Å². The summed E-state index contributed by atoms with van der Waals surface area (Å²) in [7, 11) is -3.22. The lowest BCUT2D eigenvalue weighted by atomic mass is 9.72. The molecule has 0 bridgehead atoms. The fraction of sp³-hybridized carbons (Fsp3) is 0.632. The smallest absolute Gasteiger partial charge is 0.233 e. The van der Waals surface area contributed by atoms with Gasteiger partial charge in [0.2, 0.25) is 15.9 Å². The van der Waals surface area contributed by atoms with E-state index >= 15 is 0 Å². The van der Waals surface area contributed by atoms with Crippen LogP contribution >= 0.6 is 0 Å². The number of carbonyl (C=O) groups is 1. The normalized spacial score (nSPS) is 23.9. The molecule has 144 valence electrons. The van der Waals surface area contributed by atoms with Crippen LogP contribution in [0.2, 0.25) is 0 Å². The molecule has 2 saturated heterocycles. The highest BCUT2D eigenvalue weighted by atomic mass is 32.2. The molecular formula is C19H29N3O3S. The third kappa shape index (κ3) is 3.52. The molecule has 7 heteroatoms. The molecule has 0 aromatic heterocycles. The molecule has 2 N–H and O–H groups in total. The van der Waals surface area contributed by atoms with Gasteiger partial charge in [0, 0.05) is 26.2 Å². The van der Waals surface area contributed by atoms with Crippen molar-refractivity contribution >= 4 is 15.9 Å². The molecule has 2 aliphatic heterocycles. The minimum Gasteiger partial charge on any atom is -0.342 e. The van der Waals surface area contributed by atoms with Crippen molar-refractivity contribution in [1.82, 2.24) is 9.21 Å². The molecule has 2 aliphatic rings. The van der Waals surface area contributed by atoms with E-state index in [0.717, 1.165) is 18.5 Å². The fourth-order valence-corrected chi connectivity index (χ4v) is 5.33. The van der Waals surface area contributed by atoms with E-state index < -0.39 is 15.4 Å². The molecule has 0 saturated carbocycles. The Morgan fingerprint density at radius 2 is 1.85 bits per heavy atom. The van der Waals surface area contributed by atoms with Gasteiger partial charge in [0.25, 0.3) is 0 Å². The van der Waals surface area contributed by atoms with E-state index in [0.29, 0.717) is 44.9 Å². The summed E-state index contributed by atoms with van der Waals surface area (Å²) >= 11 is 0. The van der Waals surface area contributed by atoms with Gasteiger partial charge < -0.3 is 10.6 Å². The Labute approximate surface area is 156 Å². The maximum absolute atomic E-state index is 13.5. The van der Waals surface area contributed by atoms with Gasteiger partial charge in [-0.2, -0.15) is 0 Å². The van der Waals surface area contributed by atoms with Crippen LogP contribution in [-0.2, 0) is 20.2 Å². The lowest BCUT2D eigenvalue weighted by molar-refractivity contribution is -0.138. The first-order valence-corrected chi connectivity index (χ1v) is 11.1. The molecule has 3 rings (SSSR count). The number of benzene rings is 1. The van der Waals surface area contributed by atoms with E-state index in [9.17, 15) is 13.2 Å². The monoisotopic (exact) mass is 379 g/mol. The number of nitrogens with two attached hydrogens (primary N) is 1. The quantitative estimate of drug-likeness (QED) is 0.833. The van der Waals surface area contributed by atoms with Gasteiger partial charge in [0.05, 0.1) is 11.2 Å². The van der Waals surface area contributed by atoms with E-state index in [-0.39, 0.29) is 11.7 Å². The number of rotatable bonds is 5. The zero-order valence-electron chi connectivity index (χ0n) is 15.4. The van der Waals surface area contributed by atoms with Crippen LogP contribution in [0.1, 0.15) is 31.7 Å².